The molecule has 1 nitrogen and oxygen atoms in total. The third-order valence-electron chi connectivity index (χ3n) is 3.59. The molecule has 0 heterocycles. The SMILES string of the molecule is C\C=C/C(C)=C(\C=C/C)C1=C(C)CCC(C)(N)C=C1. The molecule has 1 atom stereocenters. The fraction of sp³-hybridized carbons (Fsp3) is 0.444. The molecule has 19 heavy (non-hydrogen) atoms. The van der Waals surface area contributed by atoms with Crippen molar-refractivity contribution in [2.75, 3.05) is 0 Å². The number of hydrogen-bond donors (Lipinski definition) is 1. The van der Waals surface area contributed by atoms with E-state index in [-0.39, 0.29) is 5.54 Å². The van der Waals surface area contributed by atoms with E-state index in [1.165, 1.54) is 22.3 Å². The van der Waals surface area contributed by atoms with Gasteiger partial charge in [0.1, 0.15) is 0 Å². The zero-order valence-corrected chi connectivity index (χ0v) is 13.0. The van der Waals surface area contributed by atoms with Gasteiger partial charge >= 0.3 is 0 Å². The molecule has 0 saturated carbocycles. The number of allylic oxidation sites excluding steroid dienone is 9. The summed E-state index contributed by atoms with van der Waals surface area (Å²) < 4.78 is 0. The van der Waals surface area contributed by atoms with Gasteiger partial charge in [0, 0.05) is 5.54 Å². The van der Waals surface area contributed by atoms with Gasteiger partial charge in [-0.15, -0.1) is 0 Å². The van der Waals surface area contributed by atoms with E-state index in [0.29, 0.717) is 0 Å². The molecule has 0 spiro atoms. The van der Waals surface area contributed by atoms with Gasteiger partial charge in [-0.1, -0.05) is 42.0 Å². The van der Waals surface area contributed by atoms with Gasteiger partial charge < -0.3 is 5.73 Å². The first-order valence-corrected chi connectivity index (χ1v) is 7.06. The summed E-state index contributed by atoms with van der Waals surface area (Å²) in [7, 11) is 0. The average molecular weight is 257 g/mol. The van der Waals surface area contributed by atoms with Crippen LogP contribution in [0, 0.1) is 0 Å². The lowest BCUT2D eigenvalue weighted by molar-refractivity contribution is 0.536. The largest absolute Gasteiger partial charge is 0.322 e. The third kappa shape index (κ3) is 4.36. The molecule has 0 aromatic carbocycles. The van der Waals surface area contributed by atoms with E-state index >= 15 is 0 Å². The fourth-order valence-electron chi connectivity index (χ4n) is 2.35. The van der Waals surface area contributed by atoms with Gasteiger partial charge in [0.25, 0.3) is 0 Å². The second-order valence-electron chi connectivity index (χ2n) is 5.63. The van der Waals surface area contributed by atoms with E-state index in [9.17, 15) is 0 Å². The lowest BCUT2D eigenvalue weighted by Crippen LogP contribution is -2.32. The molecule has 0 amide bonds. The Balaban J connectivity index is 3.32. The predicted octanol–water partition coefficient (Wildman–Crippen LogP) is 4.84. The van der Waals surface area contributed by atoms with E-state index in [0.717, 1.165) is 12.8 Å². The van der Waals surface area contributed by atoms with Crippen LogP contribution in [0.1, 0.15) is 47.5 Å². The van der Waals surface area contributed by atoms with Crippen LogP contribution in [0.3, 0.4) is 0 Å². The highest BCUT2D eigenvalue weighted by molar-refractivity contribution is 5.54. The maximum Gasteiger partial charge on any atom is 0.0316 e. The van der Waals surface area contributed by atoms with Crippen molar-refractivity contribution >= 4 is 0 Å². The van der Waals surface area contributed by atoms with Crippen LogP contribution in [0.15, 0.2) is 58.7 Å². The molecular formula is C18H27N. The van der Waals surface area contributed by atoms with E-state index in [1.54, 1.807) is 0 Å². The lowest BCUT2D eigenvalue weighted by Gasteiger charge is -2.18. The molecule has 1 rings (SSSR count). The second kappa shape index (κ2) is 6.72. The van der Waals surface area contributed by atoms with Crippen LogP contribution < -0.4 is 5.73 Å². The molecule has 1 aliphatic carbocycles. The summed E-state index contributed by atoms with van der Waals surface area (Å²) in [5.74, 6) is 0. The van der Waals surface area contributed by atoms with Crippen molar-refractivity contribution in [2.24, 2.45) is 5.73 Å². The topological polar surface area (TPSA) is 26.0 Å². The molecule has 1 heteroatoms. The molecule has 0 radical (unpaired) electrons. The molecule has 0 saturated heterocycles. The minimum atomic E-state index is -0.196. The van der Waals surface area contributed by atoms with Gasteiger partial charge in [0.15, 0.2) is 0 Å². The highest BCUT2D eigenvalue weighted by Crippen LogP contribution is 2.30. The van der Waals surface area contributed by atoms with Gasteiger partial charge in [-0.2, -0.15) is 0 Å². The van der Waals surface area contributed by atoms with Gasteiger partial charge in [-0.3, -0.25) is 0 Å². The zero-order chi connectivity index (χ0) is 14.5. The Kier molecular flexibility index (Phi) is 5.56. The Hall–Kier alpha value is -1.34. The Labute approximate surface area is 118 Å². The monoisotopic (exact) mass is 257 g/mol. The zero-order valence-electron chi connectivity index (χ0n) is 13.0. The van der Waals surface area contributed by atoms with Crippen LogP contribution in [0.4, 0.5) is 0 Å². The fourth-order valence-corrected chi connectivity index (χ4v) is 2.35. The van der Waals surface area contributed by atoms with Gasteiger partial charge in [-0.25, -0.2) is 0 Å². The van der Waals surface area contributed by atoms with Crippen molar-refractivity contribution < 1.29 is 0 Å². The van der Waals surface area contributed by atoms with Crippen molar-refractivity contribution in [1.82, 2.24) is 0 Å². The summed E-state index contributed by atoms with van der Waals surface area (Å²) in [6, 6.07) is 0. The minimum Gasteiger partial charge on any atom is -0.322 e. The molecular weight excluding hydrogens is 230 g/mol. The first-order chi connectivity index (χ1) is 8.91. The number of hydrogen-bond acceptors (Lipinski definition) is 1. The van der Waals surface area contributed by atoms with Crippen LogP contribution in [-0.2, 0) is 0 Å². The Bertz CT molecular complexity index is 468. The van der Waals surface area contributed by atoms with Crippen LogP contribution >= 0.6 is 0 Å². The van der Waals surface area contributed by atoms with Crippen LogP contribution in [0.25, 0.3) is 0 Å². The van der Waals surface area contributed by atoms with Crippen molar-refractivity contribution in [2.45, 2.75) is 53.0 Å². The molecule has 0 aliphatic heterocycles. The third-order valence-corrected chi connectivity index (χ3v) is 3.59. The summed E-state index contributed by atoms with van der Waals surface area (Å²) in [5, 5.41) is 0. The van der Waals surface area contributed by atoms with Gasteiger partial charge in [0.2, 0.25) is 0 Å². The van der Waals surface area contributed by atoms with Crippen LogP contribution in [0.5, 0.6) is 0 Å². The van der Waals surface area contributed by atoms with E-state index < -0.39 is 0 Å². The Morgan fingerprint density at radius 3 is 2.47 bits per heavy atom. The van der Waals surface area contributed by atoms with Crippen LogP contribution in [0.2, 0.25) is 0 Å². The average Bonchev–Trinajstić information content (AvgIpc) is 2.47. The minimum absolute atomic E-state index is 0.196. The molecule has 1 aliphatic rings. The van der Waals surface area contributed by atoms with Crippen molar-refractivity contribution in [3.8, 4) is 0 Å². The molecule has 104 valence electrons. The highest BCUT2D eigenvalue weighted by Gasteiger charge is 2.19. The van der Waals surface area contributed by atoms with Crippen molar-refractivity contribution in [3.63, 3.8) is 0 Å². The Morgan fingerprint density at radius 1 is 1.26 bits per heavy atom. The summed E-state index contributed by atoms with van der Waals surface area (Å²) in [6.07, 6.45) is 14.9. The maximum atomic E-state index is 6.25. The van der Waals surface area contributed by atoms with Gasteiger partial charge in [-0.05, 0) is 64.2 Å². The first-order valence-electron chi connectivity index (χ1n) is 7.06. The lowest BCUT2D eigenvalue weighted by atomic mass is 9.94. The normalized spacial score (nSPS) is 26.2. The standard InChI is InChI=1S/C18H27N/c1-6-8-14(3)16(9-7-2)17-11-13-18(5,19)12-10-15(17)4/h6-9,11,13H,10,12,19H2,1-5H3/b8-6-,9-7-,16-14+. The quantitative estimate of drug-likeness (QED) is 0.719. The van der Waals surface area contributed by atoms with Crippen LogP contribution in [-0.4, -0.2) is 5.54 Å². The van der Waals surface area contributed by atoms with Gasteiger partial charge in [0.05, 0.1) is 0 Å². The number of rotatable bonds is 3. The summed E-state index contributed by atoms with van der Waals surface area (Å²) in [6.45, 7) is 10.6. The van der Waals surface area contributed by atoms with Crippen molar-refractivity contribution in [1.29, 1.82) is 0 Å². The second-order valence-corrected chi connectivity index (χ2v) is 5.63. The van der Waals surface area contributed by atoms with E-state index in [2.05, 4.69) is 71.1 Å². The highest BCUT2D eigenvalue weighted by atomic mass is 14.7. The summed E-state index contributed by atoms with van der Waals surface area (Å²) >= 11 is 0. The summed E-state index contributed by atoms with van der Waals surface area (Å²) in [5.41, 5.74) is 11.4. The molecule has 1 unspecified atom stereocenters. The number of nitrogens with two attached hydrogens (primary N) is 1. The molecule has 0 aromatic rings. The van der Waals surface area contributed by atoms with E-state index in [1.807, 2.05) is 0 Å². The molecule has 0 bridgehead atoms. The predicted molar refractivity (Wildman–Crippen MR) is 86.0 cm³/mol. The molecule has 0 aromatic heterocycles. The molecule has 2 N–H and O–H groups in total. The Morgan fingerprint density at radius 2 is 1.89 bits per heavy atom. The van der Waals surface area contributed by atoms with Crippen molar-refractivity contribution in [3.05, 3.63) is 58.7 Å². The van der Waals surface area contributed by atoms with E-state index in [4.69, 9.17) is 5.73 Å². The molecule has 0 fully saturated rings. The summed E-state index contributed by atoms with van der Waals surface area (Å²) in [4.78, 5) is 0. The first kappa shape index (κ1) is 15.7. The maximum absolute atomic E-state index is 6.25. The smallest absolute Gasteiger partial charge is 0.0316 e.